The molecule has 3 aromatic rings. The summed E-state index contributed by atoms with van der Waals surface area (Å²) in [5.41, 5.74) is 3.28. The van der Waals surface area contributed by atoms with Crippen molar-refractivity contribution in [2.75, 3.05) is 13.7 Å². The van der Waals surface area contributed by atoms with E-state index in [0.717, 1.165) is 9.87 Å². The minimum atomic E-state index is -3.99. The summed E-state index contributed by atoms with van der Waals surface area (Å²) < 4.78 is 34.9. The number of ether oxygens (including phenoxy) is 1. The number of pyridine rings is 1. The third kappa shape index (κ3) is 4.95. The number of ketones is 1. The van der Waals surface area contributed by atoms with Crippen LogP contribution in [0, 0.1) is 20.8 Å². The fraction of sp³-hybridized carbons (Fsp3) is 0.320. The summed E-state index contributed by atoms with van der Waals surface area (Å²) in [6.45, 7) is 7.22. The van der Waals surface area contributed by atoms with Gasteiger partial charge in [-0.15, -0.1) is 0 Å². The number of carbonyl (C=O) groups excluding carboxylic acids is 2. The second-order valence-corrected chi connectivity index (χ2v) is 9.98. The minimum Gasteiger partial charge on any atom is -0.464 e. The van der Waals surface area contributed by atoms with Gasteiger partial charge in [0.05, 0.1) is 18.6 Å². The Balaban J connectivity index is 2.05. The van der Waals surface area contributed by atoms with Crippen LogP contribution in [0.2, 0.25) is 0 Å². The van der Waals surface area contributed by atoms with Crippen LogP contribution in [-0.4, -0.2) is 47.7 Å². The topological polar surface area (TPSA) is 98.6 Å². The van der Waals surface area contributed by atoms with Crippen LogP contribution in [0.15, 0.2) is 53.7 Å². The quantitative estimate of drug-likeness (QED) is 0.340. The van der Waals surface area contributed by atoms with E-state index in [-0.39, 0.29) is 18.0 Å². The second kappa shape index (κ2) is 10.3. The van der Waals surface area contributed by atoms with E-state index in [1.54, 1.807) is 55.1 Å². The lowest BCUT2D eigenvalue weighted by Crippen LogP contribution is -2.35. The summed E-state index contributed by atoms with van der Waals surface area (Å²) in [6, 6.07) is 9.97. The van der Waals surface area contributed by atoms with Crippen LogP contribution < -0.4 is 0 Å². The molecule has 3 rings (SSSR count). The Morgan fingerprint density at radius 3 is 2.32 bits per heavy atom. The summed E-state index contributed by atoms with van der Waals surface area (Å²) in [5.74, 6) is -0.937. The zero-order valence-electron chi connectivity index (χ0n) is 20.0. The van der Waals surface area contributed by atoms with Crippen LogP contribution in [0.5, 0.6) is 0 Å². The summed E-state index contributed by atoms with van der Waals surface area (Å²) in [4.78, 5) is 30.1. The van der Waals surface area contributed by atoms with Gasteiger partial charge >= 0.3 is 5.97 Å². The van der Waals surface area contributed by atoms with Gasteiger partial charge in [0, 0.05) is 36.7 Å². The summed E-state index contributed by atoms with van der Waals surface area (Å²) in [5, 5.41) is 0. The van der Waals surface area contributed by atoms with Crippen LogP contribution in [0.3, 0.4) is 0 Å². The average molecular weight is 484 g/mol. The molecule has 0 aliphatic carbocycles. The Hall–Kier alpha value is -3.30. The Morgan fingerprint density at radius 1 is 1.09 bits per heavy atom. The molecule has 9 heteroatoms. The third-order valence-corrected chi connectivity index (χ3v) is 7.61. The molecule has 0 radical (unpaired) electrons. The van der Waals surface area contributed by atoms with Gasteiger partial charge in [-0.25, -0.2) is 13.2 Å². The number of esters is 1. The highest BCUT2D eigenvalue weighted by Gasteiger charge is 2.31. The molecule has 34 heavy (non-hydrogen) atoms. The van der Waals surface area contributed by atoms with Crippen molar-refractivity contribution in [3.05, 3.63) is 82.4 Å². The Kier molecular flexibility index (Phi) is 7.68. The number of aromatic nitrogens is 2. The van der Waals surface area contributed by atoms with Crippen molar-refractivity contribution in [1.82, 2.24) is 13.9 Å². The predicted molar refractivity (Wildman–Crippen MR) is 128 cm³/mol. The number of nitrogens with zero attached hydrogens (tertiary/aromatic N) is 3. The van der Waals surface area contributed by atoms with E-state index in [2.05, 4.69) is 4.98 Å². The number of Topliss-reactive ketones (excluding diaryl/α,β-unsaturated/α-hetero) is 1. The number of sulfonamides is 1. The van der Waals surface area contributed by atoms with E-state index in [1.165, 1.54) is 19.2 Å². The van der Waals surface area contributed by atoms with Crippen LogP contribution in [0.25, 0.3) is 0 Å². The van der Waals surface area contributed by atoms with E-state index in [0.29, 0.717) is 34.6 Å². The highest BCUT2D eigenvalue weighted by molar-refractivity contribution is 7.89. The molecule has 0 saturated heterocycles. The van der Waals surface area contributed by atoms with E-state index in [9.17, 15) is 18.0 Å². The Morgan fingerprint density at radius 2 is 1.76 bits per heavy atom. The second-order valence-electron chi connectivity index (χ2n) is 8.04. The monoisotopic (exact) mass is 483 g/mol. The zero-order chi connectivity index (χ0) is 25.0. The third-order valence-electron chi connectivity index (χ3n) is 5.80. The lowest BCUT2D eigenvalue weighted by Gasteiger charge is -2.22. The minimum absolute atomic E-state index is 0.0216. The van der Waals surface area contributed by atoms with Crippen molar-refractivity contribution >= 4 is 21.8 Å². The highest BCUT2D eigenvalue weighted by atomic mass is 32.2. The Bertz CT molecular complexity index is 1300. The first-order valence-corrected chi connectivity index (χ1v) is 12.3. The van der Waals surface area contributed by atoms with E-state index in [4.69, 9.17) is 4.74 Å². The van der Waals surface area contributed by atoms with Crippen molar-refractivity contribution in [3.63, 3.8) is 0 Å². The maximum Gasteiger partial charge on any atom is 0.354 e. The van der Waals surface area contributed by atoms with E-state index in [1.807, 2.05) is 13.8 Å². The van der Waals surface area contributed by atoms with E-state index >= 15 is 0 Å². The number of methoxy groups -OCH3 is 1. The molecular formula is C25H29N3O5S. The number of hydrogen-bond acceptors (Lipinski definition) is 6. The summed E-state index contributed by atoms with van der Waals surface area (Å²) in [6.07, 6.45) is 3.17. The number of aryl methyl sites for hydroxylation is 1. The summed E-state index contributed by atoms with van der Waals surface area (Å²) >= 11 is 0. The number of carbonyl (C=O) groups is 2. The smallest absolute Gasteiger partial charge is 0.354 e. The van der Waals surface area contributed by atoms with Gasteiger partial charge in [-0.2, -0.15) is 4.31 Å². The maximum atomic E-state index is 13.5. The standard InChI is InChI=1S/C25H29N3O5S/c1-6-28-19(4)23(18(3)24(28)25(30)33-5)22(29)16-27(15-20-8-7-13-26-14-20)34(31,32)21-11-9-17(2)10-12-21/h7-14H,6,15-16H2,1-5H3. The molecule has 1 aromatic carbocycles. The molecule has 0 aliphatic rings. The van der Waals surface area contributed by atoms with Gasteiger partial charge in [0.15, 0.2) is 5.78 Å². The number of benzene rings is 1. The van der Waals surface area contributed by atoms with Crippen LogP contribution in [0.1, 0.15) is 50.2 Å². The SMILES string of the molecule is CCn1c(C)c(C(=O)CN(Cc2cccnc2)S(=O)(=O)c2ccc(C)cc2)c(C)c1C(=O)OC. The predicted octanol–water partition coefficient (Wildman–Crippen LogP) is 3.69. The van der Waals surface area contributed by atoms with E-state index < -0.39 is 21.8 Å². The van der Waals surface area contributed by atoms with Gasteiger partial charge in [-0.3, -0.25) is 9.78 Å². The molecule has 0 saturated carbocycles. The normalized spacial score (nSPS) is 11.6. The molecule has 0 spiro atoms. The van der Waals surface area contributed by atoms with Crippen LogP contribution in [-0.2, 0) is 27.8 Å². The molecule has 180 valence electrons. The average Bonchev–Trinajstić information content (AvgIpc) is 3.08. The molecule has 0 atom stereocenters. The molecule has 8 nitrogen and oxygen atoms in total. The molecule has 0 N–H and O–H groups in total. The number of rotatable bonds is 9. The van der Waals surface area contributed by atoms with Crippen LogP contribution >= 0.6 is 0 Å². The molecule has 0 amide bonds. The molecule has 0 aliphatic heterocycles. The first-order chi connectivity index (χ1) is 16.1. The molecule has 0 bridgehead atoms. The zero-order valence-corrected chi connectivity index (χ0v) is 20.8. The molecule has 0 fully saturated rings. The fourth-order valence-corrected chi connectivity index (χ4v) is 5.47. The lowest BCUT2D eigenvalue weighted by molar-refractivity contribution is 0.0587. The lowest BCUT2D eigenvalue weighted by atomic mass is 10.1. The van der Waals surface area contributed by atoms with Crippen molar-refractivity contribution in [3.8, 4) is 0 Å². The Labute approximate surface area is 200 Å². The molecule has 2 aromatic heterocycles. The van der Waals surface area contributed by atoms with Crippen LogP contribution in [0.4, 0.5) is 0 Å². The van der Waals surface area contributed by atoms with Gasteiger partial charge in [0.25, 0.3) is 0 Å². The van der Waals surface area contributed by atoms with Gasteiger partial charge in [0.2, 0.25) is 10.0 Å². The fourth-order valence-electron chi connectivity index (χ4n) is 4.08. The van der Waals surface area contributed by atoms with Crippen molar-refractivity contribution in [2.24, 2.45) is 0 Å². The first kappa shape index (κ1) is 25.3. The van der Waals surface area contributed by atoms with Crippen molar-refractivity contribution < 1.29 is 22.7 Å². The first-order valence-electron chi connectivity index (χ1n) is 10.9. The molecule has 2 heterocycles. The van der Waals surface area contributed by atoms with Gasteiger partial charge in [0.1, 0.15) is 5.69 Å². The highest BCUT2D eigenvalue weighted by Crippen LogP contribution is 2.26. The summed E-state index contributed by atoms with van der Waals surface area (Å²) in [7, 11) is -2.70. The number of hydrogen-bond donors (Lipinski definition) is 0. The molecular weight excluding hydrogens is 454 g/mol. The van der Waals surface area contributed by atoms with Gasteiger partial charge < -0.3 is 9.30 Å². The largest absolute Gasteiger partial charge is 0.464 e. The van der Waals surface area contributed by atoms with Gasteiger partial charge in [-0.1, -0.05) is 23.8 Å². The van der Waals surface area contributed by atoms with Crippen molar-refractivity contribution in [1.29, 1.82) is 0 Å². The van der Waals surface area contributed by atoms with Crippen molar-refractivity contribution in [2.45, 2.75) is 45.7 Å². The maximum absolute atomic E-state index is 13.5. The van der Waals surface area contributed by atoms with Gasteiger partial charge in [-0.05, 0) is 57.0 Å². The molecule has 0 unspecified atom stereocenters.